The lowest BCUT2D eigenvalue weighted by atomic mass is 10.1. The van der Waals surface area contributed by atoms with E-state index >= 15 is 0 Å². The molecule has 0 radical (unpaired) electrons. The molecule has 0 bridgehead atoms. The van der Waals surface area contributed by atoms with Crippen LogP contribution >= 0.6 is 11.6 Å². The molecule has 5 rings (SSSR count). The van der Waals surface area contributed by atoms with Crippen LogP contribution in [-0.4, -0.2) is 36.4 Å². The Hall–Kier alpha value is -3.47. The van der Waals surface area contributed by atoms with Gasteiger partial charge in [-0.1, -0.05) is 24.4 Å². The van der Waals surface area contributed by atoms with Crippen LogP contribution in [0.25, 0.3) is 17.1 Å². The number of pyridine rings is 1. The van der Waals surface area contributed by atoms with Gasteiger partial charge in [-0.05, 0) is 42.2 Å². The van der Waals surface area contributed by atoms with E-state index in [1.165, 1.54) is 0 Å². The van der Waals surface area contributed by atoms with Gasteiger partial charge in [-0.2, -0.15) is 0 Å². The van der Waals surface area contributed by atoms with Crippen LogP contribution < -0.4 is 0 Å². The first-order valence-corrected chi connectivity index (χ1v) is 10.3. The number of hydrogen-bond acceptors (Lipinski definition) is 5. The molecule has 1 aromatic carbocycles. The molecule has 0 amide bonds. The van der Waals surface area contributed by atoms with Crippen LogP contribution in [-0.2, 0) is 24.3 Å². The zero-order valence-electron chi connectivity index (χ0n) is 17.1. The molecule has 31 heavy (non-hydrogen) atoms. The number of rotatable bonds is 3. The molecule has 0 fully saturated rings. The van der Waals surface area contributed by atoms with Crippen LogP contribution in [0.1, 0.15) is 35.3 Å². The third kappa shape index (κ3) is 3.50. The third-order valence-corrected chi connectivity index (χ3v) is 5.50. The molecule has 1 aliphatic heterocycles. The van der Waals surface area contributed by atoms with Crippen molar-refractivity contribution < 1.29 is 4.74 Å². The van der Waals surface area contributed by atoms with Crippen LogP contribution in [0, 0.1) is 11.8 Å². The molecule has 3 aromatic heterocycles. The second-order valence-electron chi connectivity index (χ2n) is 7.22. The van der Waals surface area contributed by atoms with Crippen molar-refractivity contribution in [3.63, 3.8) is 0 Å². The molecule has 154 valence electrons. The number of hydrogen-bond donors (Lipinski definition) is 0. The summed E-state index contributed by atoms with van der Waals surface area (Å²) in [4.78, 5) is 8.88. The summed E-state index contributed by atoms with van der Waals surface area (Å²) in [6, 6.07) is 7.78. The Bertz CT molecular complexity index is 1340. The van der Waals surface area contributed by atoms with E-state index < -0.39 is 0 Å². The van der Waals surface area contributed by atoms with E-state index in [0.29, 0.717) is 23.9 Å². The summed E-state index contributed by atoms with van der Waals surface area (Å²) in [7, 11) is 1.64. The Morgan fingerprint density at radius 3 is 2.90 bits per heavy atom. The van der Waals surface area contributed by atoms with Crippen LogP contribution in [0.4, 0.5) is 0 Å². The lowest BCUT2D eigenvalue weighted by molar-refractivity contribution is 0.174. The number of fused-ring (bicyclic) bond motifs is 5. The predicted molar refractivity (Wildman–Crippen MR) is 117 cm³/mol. The minimum Gasteiger partial charge on any atom is -0.377 e. The van der Waals surface area contributed by atoms with E-state index in [-0.39, 0.29) is 0 Å². The Morgan fingerprint density at radius 2 is 2.06 bits per heavy atom. The van der Waals surface area contributed by atoms with Crippen LogP contribution in [0.2, 0.25) is 5.02 Å². The summed E-state index contributed by atoms with van der Waals surface area (Å²) >= 11 is 6.30. The number of ether oxygens (including phenoxy) is 1. The number of halogens is 1. The first-order valence-electron chi connectivity index (χ1n) is 9.91. The lowest BCUT2D eigenvalue weighted by Crippen LogP contribution is -2.09. The van der Waals surface area contributed by atoms with E-state index in [2.05, 4.69) is 45.0 Å². The van der Waals surface area contributed by atoms with Gasteiger partial charge in [-0.25, -0.2) is 4.98 Å². The molecule has 0 unspecified atom stereocenters. The summed E-state index contributed by atoms with van der Waals surface area (Å²) in [5, 5.41) is 9.38. The van der Waals surface area contributed by atoms with Gasteiger partial charge in [0.1, 0.15) is 18.6 Å². The average molecular weight is 431 g/mol. The molecule has 0 atom stereocenters. The van der Waals surface area contributed by atoms with Gasteiger partial charge in [0.15, 0.2) is 11.6 Å². The minimum atomic E-state index is 0.355. The van der Waals surface area contributed by atoms with Crippen LogP contribution in [0.15, 0.2) is 43.0 Å². The Kier molecular flexibility index (Phi) is 5.02. The number of benzene rings is 1. The SMILES string of the molecule is CCc1cncc(C#Cc2ncn3c2Cn2c(COC)nnc2-c2cc(Cl)ccc2-3)c1. The second-order valence-corrected chi connectivity index (χ2v) is 7.65. The largest absolute Gasteiger partial charge is 0.377 e. The zero-order chi connectivity index (χ0) is 21.4. The monoisotopic (exact) mass is 430 g/mol. The van der Waals surface area contributed by atoms with Crippen molar-refractivity contribution in [2.75, 3.05) is 7.11 Å². The molecular weight excluding hydrogens is 412 g/mol. The molecule has 7 nitrogen and oxygen atoms in total. The van der Waals surface area contributed by atoms with Gasteiger partial charge in [0.05, 0.1) is 17.9 Å². The van der Waals surface area contributed by atoms with Gasteiger partial charge in [0.25, 0.3) is 0 Å². The number of nitrogens with zero attached hydrogens (tertiary/aromatic N) is 6. The zero-order valence-corrected chi connectivity index (χ0v) is 17.9. The Labute approximate surface area is 184 Å². The van der Waals surface area contributed by atoms with Gasteiger partial charge >= 0.3 is 0 Å². The number of aromatic nitrogens is 6. The normalized spacial score (nSPS) is 11.7. The molecule has 0 aliphatic carbocycles. The van der Waals surface area contributed by atoms with Gasteiger partial charge in [-0.15, -0.1) is 10.2 Å². The molecule has 1 aliphatic rings. The quantitative estimate of drug-likeness (QED) is 0.408. The Morgan fingerprint density at radius 1 is 1.16 bits per heavy atom. The fourth-order valence-corrected chi connectivity index (χ4v) is 3.87. The van der Waals surface area contributed by atoms with Gasteiger partial charge < -0.3 is 9.30 Å². The van der Waals surface area contributed by atoms with Crippen molar-refractivity contribution in [2.45, 2.75) is 26.5 Å². The summed E-state index contributed by atoms with van der Waals surface area (Å²) in [5.74, 6) is 7.92. The standard InChI is InChI=1S/C23H19ClN6O/c1-3-15-8-16(11-25-10-15)4-6-19-21-12-29-22(13-31-2)27-28-23(29)18-9-17(24)5-7-20(18)30(21)14-26-19/h5,7-11,14H,3,12-13H2,1-2H3. The first kappa shape index (κ1) is 19.5. The van der Waals surface area contributed by atoms with Crippen molar-refractivity contribution in [3.05, 3.63) is 76.3 Å². The van der Waals surface area contributed by atoms with E-state index in [1.807, 2.05) is 33.5 Å². The third-order valence-electron chi connectivity index (χ3n) is 5.26. The van der Waals surface area contributed by atoms with Gasteiger partial charge in [0.2, 0.25) is 0 Å². The van der Waals surface area contributed by atoms with Crippen molar-refractivity contribution in [1.82, 2.24) is 29.3 Å². The lowest BCUT2D eigenvalue weighted by Gasteiger charge is -2.08. The highest BCUT2D eigenvalue weighted by Crippen LogP contribution is 2.34. The summed E-state index contributed by atoms with van der Waals surface area (Å²) in [6.07, 6.45) is 6.34. The fourth-order valence-electron chi connectivity index (χ4n) is 3.70. The summed E-state index contributed by atoms with van der Waals surface area (Å²) in [6.45, 7) is 2.97. The van der Waals surface area contributed by atoms with Crippen molar-refractivity contribution in [1.29, 1.82) is 0 Å². The van der Waals surface area contributed by atoms with Crippen molar-refractivity contribution in [3.8, 4) is 28.9 Å². The molecule has 0 saturated heterocycles. The van der Waals surface area contributed by atoms with Gasteiger partial charge in [-0.3, -0.25) is 9.55 Å². The molecule has 0 N–H and O–H groups in total. The summed E-state index contributed by atoms with van der Waals surface area (Å²) in [5.41, 5.74) is 5.49. The predicted octanol–water partition coefficient (Wildman–Crippen LogP) is 3.65. The topological polar surface area (TPSA) is 70.7 Å². The van der Waals surface area contributed by atoms with E-state index in [9.17, 15) is 0 Å². The smallest absolute Gasteiger partial charge is 0.166 e. The highest BCUT2D eigenvalue weighted by Gasteiger charge is 2.25. The molecule has 4 aromatic rings. The fraction of sp³-hybridized carbons (Fsp3) is 0.217. The maximum atomic E-state index is 6.30. The molecule has 0 spiro atoms. The maximum Gasteiger partial charge on any atom is 0.166 e. The van der Waals surface area contributed by atoms with Gasteiger partial charge in [0, 0.05) is 35.7 Å². The molecule has 8 heteroatoms. The molecular formula is C23H19ClN6O. The first-order chi connectivity index (χ1) is 15.2. The molecule has 4 heterocycles. The second kappa shape index (κ2) is 7.99. The number of imidazole rings is 1. The number of aryl methyl sites for hydroxylation is 1. The molecule has 0 saturated carbocycles. The Balaban J connectivity index is 1.66. The summed E-state index contributed by atoms with van der Waals surface area (Å²) < 4.78 is 9.40. The average Bonchev–Trinajstić information content (AvgIpc) is 3.34. The highest BCUT2D eigenvalue weighted by atomic mass is 35.5. The van der Waals surface area contributed by atoms with E-state index in [4.69, 9.17) is 16.3 Å². The van der Waals surface area contributed by atoms with Crippen molar-refractivity contribution in [2.24, 2.45) is 0 Å². The minimum absolute atomic E-state index is 0.355. The van der Waals surface area contributed by atoms with Crippen LogP contribution in [0.5, 0.6) is 0 Å². The van der Waals surface area contributed by atoms with E-state index in [1.54, 1.807) is 19.6 Å². The maximum absolute atomic E-state index is 6.30. The van der Waals surface area contributed by atoms with E-state index in [0.717, 1.165) is 46.1 Å². The van der Waals surface area contributed by atoms with Crippen molar-refractivity contribution >= 4 is 11.6 Å². The van der Waals surface area contributed by atoms with Crippen LogP contribution in [0.3, 0.4) is 0 Å². The number of methoxy groups -OCH3 is 1. The highest BCUT2D eigenvalue weighted by molar-refractivity contribution is 6.31.